The van der Waals surface area contributed by atoms with E-state index in [0.29, 0.717) is 68.5 Å². The molecule has 2 amide bonds. The molecule has 0 atom stereocenters. The molecule has 1 aromatic heterocycles. The quantitative estimate of drug-likeness (QED) is 0.591. The molecule has 11 heteroatoms. The van der Waals surface area contributed by atoms with Crippen molar-refractivity contribution in [3.63, 3.8) is 0 Å². The number of ether oxygens (including phenoxy) is 1. The smallest absolute Gasteiger partial charge is 0.414 e. The van der Waals surface area contributed by atoms with E-state index in [9.17, 15) is 18.0 Å². The van der Waals surface area contributed by atoms with Crippen molar-refractivity contribution >= 4 is 39.2 Å². The first-order valence-electron chi connectivity index (χ1n) is 12.9. The monoisotopic (exact) mass is 525 g/mol. The van der Waals surface area contributed by atoms with Gasteiger partial charge < -0.3 is 14.5 Å². The van der Waals surface area contributed by atoms with Gasteiger partial charge in [0.25, 0.3) is 5.91 Å². The standard InChI is InChI=1S/C26H31N5O5S/c1-18-15-20(19-3-4-19)17-27-24(18)28-8-10-29(11-9-28)25(32)22-6-5-21(31-7-2-14-37(31,34)35)16-23(22)30-12-13-36-26(30)33/h5-6,15-17,19H,2-4,7-14H2,1H3. The summed E-state index contributed by atoms with van der Waals surface area (Å²) in [5, 5.41) is 0. The number of nitrogens with zero attached hydrogens (tertiary/aromatic N) is 5. The van der Waals surface area contributed by atoms with Crippen LogP contribution in [0.2, 0.25) is 0 Å². The number of hydrogen-bond acceptors (Lipinski definition) is 7. The van der Waals surface area contributed by atoms with E-state index in [1.807, 2.05) is 6.20 Å². The van der Waals surface area contributed by atoms with Crippen LogP contribution in [0, 0.1) is 6.92 Å². The Kier molecular flexibility index (Phi) is 5.97. The van der Waals surface area contributed by atoms with Crippen LogP contribution in [0.1, 0.15) is 46.7 Å². The summed E-state index contributed by atoms with van der Waals surface area (Å²) in [6, 6.07) is 7.17. The molecule has 0 bridgehead atoms. The summed E-state index contributed by atoms with van der Waals surface area (Å²) < 4.78 is 31.5. The Hall–Kier alpha value is -3.34. The van der Waals surface area contributed by atoms with E-state index in [2.05, 4.69) is 17.9 Å². The molecule has 1 aromatic carbocycles. The maximum atomic E-state index is 13.7. The first kappa shape index (κ1) is 24.0. The summed E-state index contributed by atoms with van der Waals surface area (Å²) in [5.74, 6) is 1.54. The van der Waals surface area contributed by atoms with Crippen molar-refractivity contribution in [2.24, 2.45) is 0 Å². The Morgan fingerprint density at radius 3 is 2.46 bits per heavy atom. The van der Waals surface area contributed by atoms with E-state index in [1.165, 1.54) is 27.6 Å². The van der Waals surface area contributed by atoms with Crippen LogP contribution in [0.5, 0.6) is 0 Å². The first-order valence-corrected chi connectivity index (χ1v) is 14.5. The summed E-state index contributed by atoms with van der Waals surface area (Å²) in [7, 11) is -3.40. The molecule has 3 aliphatic heterocycles. The van der Waals surface area contributed by atoms with E-state index < -0.39 is 16.1 Å². The maximum absolute atomic E-state index is 13.7. The molecule has 2 aromatic rings. The number of benzene rings is 1. The third kappa shape index (κ3) is 4.49. The minimum absolute atomic E-state index is 0.0939. The fraction of sp³-hybridized carbons (Fsp3) is 0.500. The molecule has 0 unspecified atom stereocenters. The third-order valence-electron chi connectivity index (χ3n) is 7.64. The van der Waals surface area contributed by atoms with Crippen molar-refractivity contribution < 1.29 is 22.7 Å². The second-order valence-electron chi connectivity index (χ2n) is 10.2. The summed E-state index contributed by atoms with van der Waals surface area (Å²) in [6.45, 7) is 5.38. The summed E-state index contributed by atoms with van der Waals surface area (Å²) in [5.41, 5.74) is 3.70. The van der Waals surface area contributed by atoms with Crippen LogP contribution in [0.4, 0.5) is 22.0 Å². The van der Waals surface area contributed by atoms with Gasteiger partial charge in [-0.15, -0.1) is 0 Å². The van der Waals surface area contributed by atoms with Crippen LogP contribution in [-0.2, 0) is 14.8 Å². The molecule has 37 heavy (non-hydrogen) atoms. The molecule has 1 aliphatic carbocycles. The molecular weight excluding hydrogens is 494 g/mol. The van der Waals surface area contributed by atoms with Crippen LogP contribution in [0.25, 0.3) is 0 Å². The van der Waals surface area contributed by atoms with Crippen molar-refractivity contribution in [1.29, 1.82) is 0 Å². The molecule has 4 heterocycles. The number of sulfonamides is 1. The van der Waals surface area contributed by atoms with Gasteiger partial charge in [-0.1, -0.05) is 6.07 Å². The summed E-state index contributed by atoms with van der Waals surface area (Å²) in [4.78, 5) is 36.2. The highest BCUT2D eigenvalue weighted by atomic mass is 32.2. The minimum Gasteiger partial charge on any atom is -0.447 e. The molecular formula is C26H31N5O5S. The molecule has 4 aliphatic rings. The molecule has 1 saturated carbocycles. The Morgan fingerprint density at radius 2 is 1.84 bits per heavy atom. The van der Waals surface area contributed by atoms with Crippen molar-refractivity contribution in [3.8, 4) is 0 Å². The average molecular weight is 526 g/mol. The highest BCUT2D eigenvalue weighted by Crippen LogP contribution is 2.40. The number of aryl methyl sites for hydroxylation is 1. The van der Waals surface area contributed by atoms with Gasteiger partial charge in [0.1, 0.15) is 12.4 Å². The van der Waals surface area contributed by atoms with Crippen molar-refractivity contribution in [2.75, 3.05) is 65.7 Å². The number of rotatable bonds is 5. The van der Waals surface area contributed by atoms with Gasteiger partial charge in [0, 0.05) is 38.9 Å². The average Bonchev–Trinajstić information content (AvgIpc) is 3.56. The number of hydrogen-bond donors (Lipinski definition) is 0. The fourth-order valence-corrected chi connectivity index (χ4v) is 7.03. The Balaban J connectivity index is 1.22. The van der Waals surface area contributed by atoms with Gasteiger partial charge in [0.2, 0.25) is 10.0 Å². The Bertz CT molecular complexity index is 1350. The number of pyridine rings is 1. The summed E-state index contributed by atoms with van der Waals surface area (Å²) >= 11 is 0. The number of amides is 2. The SMILES string of the molecule is Cc1cc(C2CC2)cnc1N1CCN(C(=O)c2ccc(N3CCCS3(=O)=O)cc2N2CCOC2=O)CC1. The lowest BCUT2D eigenvalue weighted by molar-refractivity contribution is 0.0747. The van der Waals surface area contributed by atoms with Gasteiger partial charge in [0.05, 0.1) is 29.2 Å². The maximum Gasteiger partial charge on any atom is 0.414 e. The third-order valence-corrected chi connectivity index (χ3v) is 9.51. The van der Waals surface area contributed by atoms with Crippen molar-refractivity contribution in [3.05, 3.63) is 47.2 Å². The lowest BCUT2D eigenvalue weighted by Crippen LogP contribution is -2.49. The Labute approximate surface area is 216 Å². The van der Waals surface area contributed by atoms with E-state index in [1.54, 1.807) is 23.1 Å². The van der Waals surface area contributed by atoms with Crippen LogP contribution in [-0.4, -0.2) is 81.9 Å². The minimum atomic E-state index is -3.40. The van der Waals surface area contributed by atoms with Gasteiger partial charge in [-0.2, -0.15) is 0 Å². The molecule has 6 rings (SSSR count). The molecule has 0 spiro atoms. The van der Waals surface area contributed by atoms with Gasteiger partial charge in [-0.05, 0) is 61.4 Å². The number of aromatic nitrogens is 1. The molecule has 3 saturated heterocycles. The number of anilines is 3. The second kappa shape index (κ2) is 9.20. The zero-order valence-electron chi connectivity index (χ0n) is 20.9. The molecule has 0 N–H and O–H groups in total. The van der Waals surface area contributed by atoms with Crippen molar-refractivity contribution in [2.45, 2.75) is 32.1 Å². The highest BCUT2D eigenvalue weighted by Gasteiger charge is 2.34. The highest BCUT2D eigenvalue weighted by molar-refractivity contribution is 7.93. The molecule has 196 valence electrons. The van der Waals surface area contributed by atoms with Crippen LogP contribution >= 0.6 is 0 Å². The lowest BCUT2D eigenvalue weighted by atomic mass is 10.1. The predicted octanol–water partition coefficient (Wildman–Crippen LogP) is 2.73. The van der Waals surface area contributed by atoms with E-state index in [-0.39, 0.29) is 18.3 Å². The number of cyclic esters (lactones) is 1. The topological polar surface area (TPSA) is 103 Å². The number of carbonyl (C=O) groups is 2. The number of piperazine rings is 1. The van der Waals surface area contributed by atoms with Gasteiger partial charge in [-0.3, -0.25) is 14.0 Å². The summed E-state index contributed by atoms with van der Waals surface area (Å²) in [6.07, 6.45) is 4.49. The van der Waals surface area contributed by atoms with Gasteiger partial charge in [-0.25, -0.2) is 18.2 Å². The zero-order valence-corrected chi connectivity index (χ0v) is 21.7. The van der Waals surface area contributed by atoms with E-state index >= 15 is 0 Å². The van der Waals surface area contributed by atoms with Gasteiger partial charge in [0.15, 0.2) is 0 Å². The second-order valence-corrected chi connectivity index (χ2v) is 12.2. The van der Waals surface area contributed by atoms with E-state index in [4.69, 9.17) is 9.72 Å². The van der Waals surface area contributed by atoms with E-state index in [0.717, 1.165) is 11.4 Å². The first-order chi connectivity index (χ1) is 17.8. The zero-order chi connectivity index (χ0) is 25.7. The van der Waals surface area contributed by atoms with Crippen molar-refractivity contribution in [1.82, 2.24) is 9.88 Å². The normalized spacial score (nSPS) is 21.5. The lowest BCUT2D eigenvalue weighted by Gasteiger charge is -2.36. The Morgan fingerprint density at radius 1 is 1.05 bits per heavy atom. The molecule has 10 nitrogen and oxygen atoms in total. The van der Waals surface area contributed by atoms with Gasteiger partial charge >= 0.3 is 6.09 Å². The van der Waals surface area contributed by atoms with Crippen LogP contribution in [0.3, 0.4) is 0 Å². The number of carbonyl (C=O) groups excluding carboxylic acids is 2. The molecule has 4 fully saturated rings. The largest absolute Gasteiger partial charge is 0.447 e. The fourth-order valence-electron chi connectivity index (χ4n) is 5.47. The molecule has 0 radical (unpaired) electrons. The predicted molar refractivity (Wildman–Crippen MR) is 140 cm³/mol. The van der Waals surface area contributed by atoms with Crippen LogP contribution in [0.15, 0.2) is 30.5 Å². The van der Waals surface area contributed by atoms with Crippen LogP contribution < -0.4 is 14.1 Å².